The minimum Gasteiger partial charge on any atom is -0.497 e. The molecule has 7 heteroatoms. The summed E-state index contributed by atoms with van der Waals surface area (Å²) in [6.45, 7) is 0. The highest BCUT2D eigenvalue weighted by atomic mass is 32.2. The van der Waals surface area contributed by atoms with Crippen LogP contribution < -0.4 is 10.1 Å². The summed E-state index contributed by atoms with van der Waals surface area (Å²) >= 11 is 0. The molecule has 0 radical (unpaired) electrons. The maximum absolute atomic E-state index is 12.2. The number of benzene rings is 1. The molecule has 1 saturated heterocycles. The Morgan fingerprint density at radius 3 is 2.71 bits per heavy atom. The minimum atomic E-state index is -3.28. The Balaban J connectivity index is 2.34. The lowest BCUT2D eigenvalue weighted by Crippen LogP contribution is -2.55. The molecule has 116 valence electrons. The highest BCUT2D eigenvalue weighted by Gasteiger charge is 2.46. The summed E-state index contributed by atoms with van der Waals surface area (Å²) in [5.74, 6) is -0.0950. The molecule has 1 aliphatic heterocycles. The second kappa shape index (κ2) is 5.93. The van der Waals surface area contributed by atoms with E-state index in [1.807, 2.05) is 0 Å². The quantitative estimate of drug-likeness (QED) is 0.842. The number of esters is 1. The maximum atomic E-state index is 12.2. The van der Waals surface area contributed by atoms with Crippen molar-refractivity contribution in [3.05, 3.63) is 24.3 Å². The van der Waals surface area contributed by atoms with Crippen LogP contribution in [-0.2, 0) is 19.4 Å². The average molecular weight is 313 g/mol. The Morgan fingerprint density at radius 1 is 1.33 bits per heavy atom. The van der Waals surface area contributed by atoms with E-state index in [1.165, 1.54) is 7.11 Å². The van der Waals surface area contributed by atoms with E-state index in [0.717, 1.165) is 0 Å². The zero-order chi connectivity index (χ0) is 15.5. The molecule has 0 bridgehead atoms. The normalized spacial score (nSPS) is 24.1. The molecule has 1 aromatic rings. The van der Waals surface area contributed by atoms with E-state index in [1.54, 1.807) is 31.4 Å². The van der Waals surface area contributed by atoms with Crippen molar-refractivity contribution < 1.29 is 22.7 Å². The summed E-state index contributed by atoms with van der Waals surface area (Å²) in [6.07, 6.45) is 0.838. The first kappa shape index (κ1) is 15.6. The van der Waals surface area contributed by atoms with Crippen LogP contribution in [0.3, 0.4) is 0 Å². The van der Waals surface area contributed by atoms with Crippen molar-refractivity contribution in [3.8, 4) is 5.75 Å². The first-order valence-electron chi connectivity index (χ1n) is 6.62. The molecule has 1 heterocycles. The van der Waals surface area contributed by atoms with E-state index in [4.69, 9.17) is 9.47 Å². The summed E-state index contributed by atoms with van der Waals surface area (Å²) < 4.78 is 33.8. The Hall–Kier alpha value is -1.76. The van der Waals surface area contributed by atoms with Crippen molar-refractivity contribution in [2.75, 3.05) is 31.0 Å². The van der Waals surface area contributed by atoms with Crippen LogP contribution in [0, 0.1) is 0 Å². The Labute approximate surface area is 124 Å². The Bertz CT molecular complexity index is 628. The van der Waals surface area contributed by atoms with Crippen molar-refractivity contribution in [1.29, 1.82) is 0 Å². The highest BCUT2D eigenvalue weighted by molar-refractivity contribution is 7.91. The van der Waals surface area contributed by atoms with E-state index in [0.29, 0.717) is 24.3 Å². The number of hydrogen-bond donors (Lipinski definition) is 1. The molecule has 2 rings (SSSR count). The van der Waals surface area contributed by atoms with Crippen LogP contribution in [0.5, 0.6) is 5.75 Å². The number of rotatable bonds is 4. The van der Waals surface area contributed by atoms with Gasteiger partial charge in [-0.2, -0.15) is 0 Å². The van der Waals surface area contributed by atoms with Gasteiger partial charge in [-0.05, 0) is 25.0 Å². The van der Waals surface area contributed by atoms with Crippen LogP contribution >= 0.6 is 0 Å². The zero-order valence-corrected chi connectivity index (χ0v) is 12.9. The molecule has 1 atom stereocenters. The van der Waals surface area contributed by atoms with Crippen molar-refractivity contribution >= 4 is 21.5 Å². The molecular weight excluding hydrogens is 294 g/mol. The Kier molecular flexibility index (Phi) is 4.41. The fourth-order valence-corrected chi connectivity index (χ4v) is 4.41. The number of nitrogens with one attached hydrogen (secondary N) is 1. The van der Waals surface area contributed by atoms with Crippen LogP contribution in [0.25, 0.3) is 0 Å². The molecule has 0 spiro atoms. The van der Waals surface area contributed by atoms with Crippen molar-refractivity contribution in [2.24, 2.45) is 0 Å². The predicted octanol–water partition coefficient (Wildman–Crippen LogP) is 1.23. The lowest BCUT2D eigenvalue weighted by atomic mass is 9.95. The van der Waals surface area contributed by atoms with Crippen molar-refractivity contribution in [3.63, 3.8) is 0 Å². The average Bonchev–Trinajstić information content (AvgIpc) is 2.45. The van der Waals surface area contributed by atoms with Crippen molar-refractivity contribution in [2.45, 2.75) is 18.4 Å². The number of carbonyl (C=O) groups excluding carboxylic acids is 1. The number of sulfone groups is 1. The second-order valence-corrected chi connectivity index (χ2v) is 7.31. The van der Waals surface area contributed by atoms with Gasteiger partial charge in [-0.15, -0.1) is 0 Å². The minimum absolute atomic E-state index is 0.103. The van der Waals surface area contributed by atoms with Gasteiger partial charge in [-0.1, -0.05) is 6.07 Å². The lowest BCUT2D eigenvalue weighted by Gasteiger charge is -2.35. The molecule has 1 fully saturated rings. The third-order valence-corrected chi connectivity index (χ3v) is 5.40. The number of carbonyl (C=O) groups is 1. The predicted molar refractivity (Wildman–Crippen MR) is 79.3 cm³/mol. The lowest BCUT2D eigenvalue weighted by molar-refractivity contribution is -0.145. The maximum Gasteiger partial charge on any atom is 0.332 e. The van der Waals surface area contributed by atoms with Gasteiger partial charge in [0.2, 0.25) is 0 Å². The molecule has 1 aliphatic rings. The second-order valence-electron chi connectivity index (χ2n) is 5.13. The fraction of sp³-hybridized carbons (Fsp3) is 0.500. The van der Waals surface area contributed by atoms with Gasteiger partial charge in [0.25, 0.3) is 0 Å². The number of ether oxygens (including phenoxy) is 2. The topological polar surface area (TPSA) is 81.7 Å². The van der Waals surface area contributed by atoms with Crippen LogP contribution in [0.1, 0.15) is 12.8 Å². The first-order valence-corrected chi connectivity index (χ1v) is 8.44. The largest absolute Gasteiger partial charge is 0.497 e. The molecule has 21 heavy (non-hydrogen) atoms. The van der Waals surface area contributed by atoms with Gasteiger partial charge in [-0.3, -0.25) is 0 Å². The summed E-state index contributed by atoms with van der Waals surface area (Å²) in [5, 5.41) is 3.04. The van der Waals surface area contributed by atoms with Gasteiger partial charge in [0.1, 0.15) is 11.3 Å². The van der Waals surface area contributed by atoms with Crippen LogP contribution in [-0.4, -0.2) is 45.7 Å². The third-order valence-electron chi connectivity index (χ3n) is 3.55. The summed E-state index contributed by atoms with van der Waals surface area (Å²) in [5.41, 5.74) is -0.616. The zero-order valence-electron chi connectivity index (χ0n) is 12.1. The molecule has 0 aliphatic carbocycles. The molecule has 6 nitrogen and oxygen atoms in total. The van der Waals surface area contributed by atoms with Crippen LogP contribution in [0.15, 0.2) is 24.3 Å². The smallest absolute Gasteiger partial charge is 0.332 e. The van der Waals surface area contributed by atoms with Gasteiger partial charge in [0.05, 0.1) is 25.7 Å². The van der Waals surface area contributed by atoms with E-state index >= 15 is 0 Å². The summed E-state index contributed by atoms with van der Waals surface area (Å²) in [7, 11) is -0.471. The van der Waals surface area contributed by atoms with E-state index < -0.39 is 21.3 Å². The number of anilines is 1. The summed E-state index contributed by atoms with van der Waals surface area (Å²) in [6, 6.07) is 7.01. The van der Waals surface area contributed by atoms with Crippen LogP contribution in [0.2, 0.25) is 0 Å². The number of methoxy groups -OCH3 is 2. The number of hydrogen-bond acceptors (Lipinski definition) is 6. The molecule has 1 unspecified atom stereocenters. The molecular formula is C14H19NO5S. The van der Waals surface area contributed by atoms with E-state index in [9.17, 15) is 13.2 Å². The van der Waals surface area contributed by atoms with Gasteiger partial charge in [-0.25, -0.2) is 13.2 Å². The Morgan fingerprint density at radius 2 is 2.10 bits per heavy atom. The van der Waals surface area contributed by atoms with Crippen molar-refractivity contribution in [1.82, 2.24) is 0 Å². The standard InChI is InChI=1S/C14H19NO5S/c1-19-12-6-3-5-11(9-12)15-14(13(16)20-2)7-4-8-21(17,18)10-14/h3,5-6,9,15H,4,7-8,10H2,1-2H3. The van der Waals surface area contributed by atoms with Gasteiger partial charge < -0.3 is 14.8 Å². The van der Waals surface area contributed by atoms with Gasteiger partial charge in [0.15, 0.2) is 9.84 Å². The van der Waals surface area contributed by atoms with E-state index in [2.05, 4.69) is 5.32 Å². The van der Waals surface area contributed by atoms with Gasteiger partial charge in [0, 0.05) is 11.8 Å². The highest BCUT2D eigenvalue weighted by Crippen LogP contribution is 2.30. The first-order chi connectivity index (χ1) is 9.91. The summed E-state index contributed by atoms with van der Waals surface area (Å²) in [4.78, 5) is 12.2. The van der Waals surface area contributed by atoms with Crippen LogP contribution in [0.4, 0.5) is 5.69 Å². The third kappa shape index (κ3) is 3.47. The molecule has 1 N–H and O–H groups in total. The van der Waals surface area contributed by atoms with Gasteiger partial charge >= 0.3 is 5.97 Å². The molecule has 0 saturated carbocycles. The SMILES string of the molecule is COC(=O)C1(Nc2cccc(OC)c2)CCCS(=O)(=O)C1. The monoisotopic (exact) mass is 313 g/mol. The molecule has 0 aromatic heterocycles. The van der Waals surface area contributed by atoms with E-state index in [-0.39, 0.29) is 11.5 Å². The molecule has 0 amide bonds. The molecule has 1 aromatic carbocycles. The fourth-order valence-electron chi connectivity index (χ4n) is 2.60.